The highest BCUT2D eigenvalue weighted by Gasteiger charge is 2.08. The van der Waals surface area contributed by atoms with Crippen molar-refractivity contribution in [3.63, 3.8) is 0 Å². The third kappa shape index (κ3) is 10.4. The molecule has 5 heteroatoms. The van der Waals surface area contributed by atoms with E-state index in [2.05, 4.69) is 25.0 Å². The summed E-state index contributed by atoms with van der Waals surface area (Å²) in [6.07, 6.45) is 0.774. The SMILES string of the molecule is CC(C)(C)SCCCOS(=O)[O-]. The van der Waals surface area contributed by atoms with Crippen LogP contribution in [0.2, 0.25) is 0 Å². The van der Waals surface area contributed by atoms with Gasteiger partial charge >= 0.3 is 0 Å². The van der Waals surface area contributed by atoms with E-state index in [1.165, 1.54) is 0 Å². The maximum Gasteiger partial charge on any atom is 0.0842 e. The molecule has 0 aromatic rings. The second-order valence-electron chi connectivity index (χ2n) is 3.34. The van der Waals surface area contributed by atoms with Crippen molar-refractivity contribution in [2.45, 2.75) is 31.9 Å². The van der Waals surface area contributed by atoms with Gasteiger partial charge in [-0.25, -0.2) is 4.21 Å². The molecule has 0 amide bonds. The fourth-order valence-corrected chi connectivity index (χ4v) is 1.69. The zero-order chi connectivity index (χ0) is 9.61. The molecular weight excluding hydrogens is 196 g/mol. The van der Waals surface area contributed by atoms with Crippen LogP contribution in [0, 0.1) is 0 Å². The summed E-state index contributed by atoms with van der Waals surface area (Å²) in [7, 11) is 0. The monoisotopic (exact) mass is 211 g/mol. The predicted molar refractivity (Wildman–Crippen MR) is 51.7 cm³/mol. The third-order valence-electron chi connectivity index (χ3n) is 1.00. The average Bonchev–Trinajstić information content (AvgIpc) is 1.83. The van der Waals surface area contributed by atoms with Crippen molar-refractivity contribution < 1.29 is 12.9 Å². The van der Waals surface area contributed by atoms with Crippen LogP contribution < -0.4 is 0 Å². The Labute approximate surface area is 80.8 Å². The molecule has 0 aliphatic carbocycles. The fraction of sp³-hybridized carbons (Fsp3) is 1.00. The summed E-state index contributed by atoms with van der Waals surface area (Å²) in [5.41, 5.74) is 0. The molecule has 0 aliphatic rings. The van der Waals surface area contributed by atoms with Gasteiger partial charge in [0, 0.05) is 4.75 Å². The Hall–Kier alpha value is 0.420. The van der Waals surface area contributed by atoms with Crippen LogP contribution in [0.3, 0.4) is 0 Å². The Bertz CT molecular complexity index is 142. The third-order valence-corrected chi connectivity index (χ3v) is 2.72. The molecule has 1 atom stereocenters. The van der Waals surface area contributed by atoms with Crippen LogP contribution in [0.25, 0.3) is 0 Å². The number of hydrogen-bond acceptors (Lipinski definition) is 4. The van der Waals surface area contributed by atoms with Crippen molar-refractivity contribution in [2.75, 3.05) is 12.4 Å². The van der Waals surface area contributed by atoms with E-state index >= 15 is 0 Å². The van der Waals surface area contributed by atoms with E-state index in [-0.39, 0.29) is 4.75 Å². The van der Waals surface area contributed by atoms with Gasteiger partial charge in [0.05, 0.1) is 18.0 Å². The summed E-state index contributed by atoms with van der Waals surface area (Å²) in [6.45, 7) is 6.68. The first-order valence-corrected chi connectivity index (χ1v) is 5.77. The van der Waals surface area contributed by atoms with Crippen LogP contribution in [-0.2, 0) is 15.5 Å². The zero-order valence-corrected chi connectivity index (χ0v) is 9.30. The Morgan fingerprint density at radius 2 is 2.08 bits per heavy atom. The van der Waals surface area contributed by atoms with Crippen LogP contribution in [-0.4, -0.2) is 25.9 Å². The van der Waals surface area contributed by atoms with Crippen molar-refractivity contribution in [3.8, 4) is 0 Å². The maximum atomic E-state index is 9.93. The maximum absolute atomic E-state index is 9.93. The number of rotatable bonds is 5. The minimum absolute atomic E-state index is 0.247. The number of hydrogen-bond donors (Lipinski definition) is 0. The van der Waals surface area contributed by atoms with Crippen LogP contribution in [0.15, 0.2) is 0 Å². The van der Waals surface area contributed by atoms with Gasteiger partial charge in [0.15, 0.2) is 0 Å². The molecule has 3 nitrogen and oxygen atoms in total. The summed E-state index contributed by atoms with van der Waals surface area (Å²) in [5, 5.41) is 0. The first kappa shape index (κ1) is 12.4. The molecular formula is C7H15O3S2-. The lowest BCUT2D eigenvalue weighted by Gasteiger charge is -2.17. The van der Waals surface area contributed by atoms with Gasteiger partial charge in [0.1, 0.15) is 0 Å². The Balaban J connectivity index is 3.17. The van der Waals surface area contributed by atoms with Gasteiger partial charge < -0.3 is 8.74 Å². The first-order chi connectivity index (χ1) is 5.42. The van der Waals surface area contributed by atoms with E-state index in [1.54, 1.807) is 11.8 Å². The Morgan fingerprint density at radius 3 is 2.50 bits per heavy atom. The molecule has 0 radical (unpaired) electrons. The van der Waals surface area contributed by atoms with Crippen molar-refractivity contribution in [2.24, 2.45) is 0 Å². The van der Waals surface area contributed by atoms with Gasteiger partial charge in [0.2, 0.25) is 0 Å². The van der Waals surface area contributed by atoms with E-state index in [0.29, 0.717) is 6.61 Å². The Kier molecular flexibility index (Phi) is 6.17. The van der Waals surface area contributed by atoms with Gasteiger partial charge in [0.25, 0.3) is 0 Å². The molecule has 0 N–H and O–H groups in total. The second-order valence-corrected chi connectivity index (χ2v) is 5.91. The van der Waals surface area contributed by atoms with Crippen LogP contribution in [0.5, 0.6) is 0 Å². The lowest BCUT2D eigenvalue weighted by molar-refractivity contribution is 0.301. The summed E-state index contributed by atoms with van der Waals surface area (Å²) in [6, 6.07) is 0. The topological polar surface area (TPSA) is 49.4 Å². The molecule has 0 saturated heterocycles. The van der Waals surface area contributed by atoms with E-state index in [0.717, 1.165) is 12.2 Å². The van der Waals surface area contributed by atoms with Crippen molar-refractivity contribution >= 4 is 23.1 Å². The zero-order valence-electron chi connectivity index (χ0n) is 7.66. The highest BCUT2D eigenvalue weighted by Crippen LogP contribution is 2.23. The minimum Gasteiger partial charge on any atom is -0.750 e. The fourth-order valence-electron chi connectivity index (χ4n) is 0.564. The van der Waals surface area contributed by atoms with Gasteiger partial charge in [-0.15, -0.1) is 0 Å². The van der Waals surface area contributed by atoms with Gasteiger partial charge in [-0.1, -0.05) is 20.8 Å². The first-order valence-electron chi connectivity index (χ1n) is 3.78. The summed E-state index contributed by atoms with van der Waals surface area (Å²) in [5.74, 6) is 0.931. The van der Waals surface area contributed by atoms with Gasteiger partial charge in [-0.2, -0.15) is 11.8 Å². The lowest BCUT2D eigenvalue weighted by Crippen LogP contribution is -2.09. The lowest BCUT2D eigenvalue weighted by atomic mass is 10.3. The molecule has 0 aromatic heterocycles. The van der Waals surface area contributed by atoms with Gasteiger partial charge in [-0.05, 0) is 12.2 Å². The molecule has 0 fully saturated rings. The largest absolute Gasteiger partial charge is 0.750 e. The quantitative estimate of drug-likeness (QED) is 0.513. The molecule has 0 rings (SSSR count). The van der Waals surface area contributed by atoms with Crippen molar-refractivity contribution in [1.29, 1.82) is 0 Å². The van der Waals surface area contributed by atoms with Crippen LogP contribution in [0.1, 0.15) is 27.2 Å². The molecule has 1 unspecified atom stereocenters. The smallest absolute Gasteiger partial charge is 0.0842 e. The van der Waals surface area contributed by atoms with Gasteiger partial charge in [-0.3, -0.25) is 0 Å². The summed E-state index contributed by atoms with van der Waals surface area (Å²) >= 11 is -0.545. The van der Waals surface area contributed by atoms with E-state index in [9.17, 15) is 8.76 Å². The van der Waals surface area contributed by atoms with Crippen molar-refractivity contribution in [3.05, 3.63) is 0 Å². The minimum atomic E-state index is -2.35. The van der Waals surface area contributed by atoms with E-state index < -0.39 is 11.4 Å². The van der Waals surface area contributed by atoms with E-state index in [1.807, 2.05) is 0 Å². The normalized spacial score (nSPS) is 14.7. The van der Waals surface area contributed by atoms with Crippen LogP contribution in [0.4, 0.5) is 0 Å². The standard InChI is InChI=1S/C7H16O3S2/c1-7(2,3)11-6-4-5-10-12(8)9/h4-6H2,1-3H3,(H,8,9)/p-1. The Morgan fingerprint density at radius 1 is 1.50 bits per heavy atom. The molecule has 12 heavy (non-hydrogen) atoms. The van der Waals surface area contributed by atoms with Crippen LogP contribution >= 0.6 is 11.8 Å². The summed E-state index contributed by atoms with van der Waals surface area (Å²) < 4.78 is 24.5. The highest BCUT2D eigenvalue weighted by atomic mass is 32.2. The molecule has 74 valence electrons. The molecule has 0 spiro atoms. The molecule has 0 heterocycles. The molecule has 0 aromatic carbocycles. The van der Waals surface area contributed by atoms with E-state index in [4.69, 9.17) is 0 Å². The second kappa shape index (κ2) is 5.96. The molecule has 0 saturated carbocycles. The highest BCUT2D eigenvalue weighted by molar-refractivity contribution is 8.00. The summed E-state index contributed by atoms with van der Waals surface area (Å²) in [4.78, 5) is 0. The molecule has 0 bridgehead atoms. The van der Waals surface area contributed by atoms with Crippen molar-refractivity contribution in [1.82, 2.24) is 0 Å². The molecule has 0 aliphatic heterocycles. The number of thioether (sulfide) groups is 1. The average molecular weight is 211 g/mol. The predicted octanol–water partition coefficient (Wildman–Crippen LogP) is 1.72.